The van der Waals surface area contributed by atoms with E-state index in [1.807, 2.05) is 5.38 Å². The van der Waals surface area contributed by atoms with E-state index in [4.69, 9.17) is 27.9 Å². The first-order valence-corrected chi connectivity index (χ1v) is 10.9. The third kappa shape index (κ3) is 5.95. The lowest BCUT2D eigenvalue weighted by atomic mass is 10.0. The highest BCUT2D eigenvalue weighted by molar-refractivity contribution is 7.14. The SMILES string of the molecule is CC(C)Cc1ccc(-c2csc(NC(=O)C(C)Oc3ccc(Cl)cc3Cl)n2)cc1. The van der Waals surface area contributed by atoms with Crippen LogP contribution in [0.4, 0.5) is 5.13 Å². The van der Waals surface area contributed by atoms with Crippen LogP contribution >= 0.6 is 34.5 Å². The van der Waals surface area contributed by atoms with Gasteiger partial charge in [0.15, 0.2) is 11.2 Å². The van der Waals surface area contributed by atoms with E-state index in [9.17, 15) is 4.79 Å². The van der Waals surface area contributed by atoms with Gasteiger partial charge in [-0.25, -0.2) is 4.98 Å². The van der Waals surface area contributed by atoms with E-state index in [0.29, 0.717) is 26.8 Å². The number of aromatic nitrogens is 1. The van der Waals surface area contributed by atoms with E-state index < -0.39 is 6.10 Å². The molecule has 1 aromatic heterocycles. The average Bonchev–Trinajstić information content (AvgIpc) is 3.12. The van der Waals surface area contributed by atoms with Crippen molar-refractivity contribution in [1.82, 2.24) is 4.98 Å². The van der Waals surface area contributed by atoms with Crippen molar-refractivity contribution < 1.29 is 9.53 Å². The van der Waals surface area contributed by atoms with Gasteiger partial charge in [0, 0.05) is 16.0 Å². The lowest BCUT2D eigenvalue weighted by Crippen LogP contribution is -2.30. The molecule has 1 heterocycles. The molecule has 1 unspecified atom stereocenters. The summed E-state index contributed by atoms with van der Waals surface area (Å²) in [4.78, 5) is 17.0. The number of ether oxygens (including phenoxy) is 1. The van der Waals surface area contributed by atoms with Crippen molar-refractivity contribution in [3.8, 4) is 17.0 Å². The Bertz CT molecular complexity index is 987. The molecule has 3 aromatic rings. The first-order chi connectivity index (χ1) is 13.8. The van der Waals surface area contributed by atoms with Crippen LogP contribution in [0.2, 0.25) is 10.0 Å². The smallest absolute Gasteiger partial charge is 0.266 e. The van der Waals surface area contributed by atoms with E-state index in [0.717, 1.165) is 17.7 Å². The van der Waals surface area contributed by atoms with Crippen LogP contribution < -0.4 is 10.1 Å². The summed E-state index contributed by atoms with van der Waals surface area (Å²) in [5.74, 6) is 0.720. The topological polar surface area (TPSA) is 51.2 Å². The lowest BCUT2D eigenvalue weighted by Gasteiger charge is -2.14. The van der Waals surface area contributed by atoms with Gasteiger partial charge in [-0.1, -0.05) is 61.3 Å². The summed E-state index contributed by atoms with van der Waals surface area (Å²) < 4.78 is 5.64. The molecule has 152 valence electrons. The van der Waals surface area contributed by atoms with Gasteiger partial charge in [-0.05, 0) is 43.0 Å². The molecule has 0 bridgehead atoms. The fourth-order valence-corrected chi connectivity index (χ4v) is 3.94. The Hall–Kier alpha value is -2.08. The number of anilines is 1. The van der Waals surface area contributed by atoms with E-state index in [1.54, 1.807) is 25.1 Å². The maximum atomic E-state index is 12.4. The van der Waals surface area contributed by atoms with Crippen LogP contribution in [0.25, 0.3) is 11.3 Å². The summed E-state index contributed by atoms with van der Waals surface area (Å²) in [5.41, 5.74) is 3.15. The minimum absolute atomic E-state index is 0.302. The molecule has 0 aliphatic rings. The predicted octanol–water partition coefficient (Wildman–Crippen LogP) is 6.72. The van der Waals surface area contributed by atoms with Crippen molar-refractivity contribution in [2.24, 2.45) is 5.92 Å². The van der Waals surface area contributed by atoms with Gasteiger partial charge in [-0.3, -0.25) is 10.1 Å². The van der Waals surface area contributed by atoms with Crippen LogP contribution in [0.3, 0.4) is 0 Å². The number of benzene rings is 2. The number of carbonyl (C=O) groups is 1. The molecular formula is C22H22Cl2N2O2S. The number of rotatable bonds is 7. The van der Waals surface area contributed by atoms with E-state index in [-0.39, 0.29) is 5.91 Å². The van der Waals surface area contributed by atoms with E-state index in [2.05, 4.69) is 48.4 Å². The molecule has 1 N–H and O–H groups in total. The van der Waals surface area contributed by atoms with Crippen LogP contribution in [0.15, 0.2) is 47.8 Å². The highest BCUT2D eigenvalue weighted by atomic mass is 35.5. The van der Waals surface area contributed by atoms with E-state index in [1.165, 1.54) is 16.9 Å². The molecule has 0 spiro atoms. The Labute approximate surface area is 184 Å². The van der Waals surface area contributed by atoms with Gasteiger partial charge in [0.1, 0.15) is 5.75 Å². The second-order valence-electron chi connectivity index (χ2n) is 7.16. The van der Waals surface area contributed by atoms with Gasteiger partial charge in [0.05, 0.1) is 10.7 Å². The molecule has 7 heteroatoms. The standard InChI is InChI=1S/C22H22Cl2N2O2S/c1-13(2)10-15-4-6-16(7-5-15)19-12-29-22(25-19)26-21(27)14(3)28-20-9-8-17(23)11-18(20)24/h4-9,11-14H,10H2,1-3H3,(H,25,26,27). The van der Waals surface area contributed by atoms with Crippen LogP contribution in [-0.2, 0) is 11.2 Å². The summed E-state index contributed by atoms with van der Waals surface area (Å²) in [6, 6.07) is 13.2. The van der Waals surface area contributed by atoms with Gasteiger partial charge in [0.2, 0.25) is 0 Å². The quantitative estimate of drug-likeness (QED) is 0.436. The lowest BCUT2D eigenvalue weighted by molar-refractivity contribution is -0.122. The number of thiazole rings is 1. The van der Waals surface area contributed by atoms with Gasteiger partial charge in [-0.2, -0.15) is 0 Å². The molecule has 2 aromatic carbocycles. The molecule has 0 saturated heterocycles. The maximum Gasteiger partial charge on any atom is 0.266 e. The second-order valence-corrected chi connectivity index (χ2v) is 8.86. The monoisotopic (exact) mass is 448 g/mol. The highest BCUT2D eigenvalue weighted by Crippen LogP contribution is 2.29. The fourth-order valence-electron chi connectivity index (χ4n) is 2.77. The Balaban J connectivity index is 1.62. The summed E-state index contributed by atoms with van der Waals surface area (Å²) in [7, 11) is 0. The first kappa shape index (κ1) is 21.6. The van der Waals surface area contributed by atoms with Crippen LogP contribution in [0, 0.1) is 5.92 Å². The Morgan fingerprint density at radius 3 is 2.52 bits per heavy atom. The molecule has 1 amide bonds. The molecular weight excluding hydrogens is 427 g/mol. The number of hydrogen-bond donors (Lipinski definition) is 1. The zero-order valence-corrected chi connectivity index (χ0v) is 18.7. The normalized spacial score (nSPS) is 12.1. The van der Waals surface area contributed by atoms with Crippen molar-refractivity contribution >= 4 is 45.6 Å². The van der Waals surface area contributed by atoms with Crippen molar-refractivity contribution in [3.63, 3.8) is 0 Å². The Morgan fingerprint density at radius 2 is 1.86 bits per heavy atom. The molecule has 0 radical (unpaired) electrons. The van der Waals surface area contributed by atoms with Crippen molar-refractivity contribution in [2.75, 3.05) is 5.32 Å². The summed E-state index contributed by atoms with van der Waals surface area (Å²) in [6.07, 6.45) is 0.310. The number of nitrogens with one attached hydrogen (secondary N) is 1. The highest BCUT2D eigenvalue weighted by Gasteiger charge is 2.18. The third-order valence-electron chi connectivity index (χ3n) is 4.19. The summed E-state index contributed by atoms with van der Waals surface area (Å²) in [5, 5.41) is 6.10. The molecule has 1 atom stereocenters. The van der Waals surface area contributed by atoms with Gasteiger partial charge in [-0.15, -0.1) is 11.3 Å². The summed E-state index contributed by atoms with van der Waals surface area (Å²) >= 11 is 13.4. The Kier molecular flexibility index (Phi) is 7.17. The average molecular weight is 449 g/mol. The number of amides is 1. The van der Waals surface area contributed by atoms with Gasteiger partial charge < -0.3 is 4.74 Å². The first-order valence-electron chi connectivity index (χ1n) is 9.29. The minimum Gasteiger partial charge on any atom is -0.479 e. The minimum atomic E-state index is -0.739. The Morgan fingerprint density at radius 1 is 1.14 bits per heavy atom. The van der Waals surface area contributed by atoms with Crippen molar-refractivity contribution in [3.05, 3.63) is 63.5 Å². The maximum absolute atomic E-state index is 12.4. The zero-order chi connectivity index (χ0) is 21.0. The molecule has 0 aliphatic heterocycles. The number of carbonyl (C=O) groups excluding carboxylic acids is 1. The predicted molar refractivity (Wildman–Crippen MR) is 121 cm³/mol. The molecule has 29 heavy (non-hydrogen) atoms. The number of halogens is 2. The molecule has 3 rings (SSSR count). The summed E-state index contributed by atoms with van der Waals surface area (Å²) in [6.45, 7) is 6.06. The number of hydrogen-bond acceptors (Lipinski definition) is 4. The third-order valence-corrected chi connectivity index (χ3v) is 5.48. The van der Waals surface area contributed by atoms with Crippen molar-refractivity contribution in [2.45, 2.75) is 33.3 Å². The molecule has 0 fully saturated rings. The molecule has 0 saturated carbocycles. The zero-order valence-electron chi connectivity index (χ0n) is 16.4. The molecule has 0 aliphatic carbocycles. The van der Waals surface area contributed by atoms with Crippen LogP contribution in [0.5, 0.6) is 5.75 Å². The van der Waals surface area contributed by atoms with Gasteiger partial charge in [0.25, 0.3) is 5.91 Å². The second kappa shape index (κ2) is 9.61. The largest absolute Gasteiger partial charge is 0.479 e. The fraction of sp³-hybridized carbons (Fsp3) is 0.273. The van der Waals surface area contributed by atoms with Crippen LogP contribution in [-0.4, -0.2) is 17.0 Å². The van der Waals surface area contributed by atoms with E-state index >= 15 is 0 Å². The van der Waals surface area contributed by atoms with Crippen molar-refractivity contribution in [1.29, 1.82) is 0 Å². The molecule has 4 nitrogen and oxygen atoms in total. The van der Waals surface area contributed by atoms with Gasteiger partial charge >= 0.3 is 0 Å². The van der Waals surface area contributed by atoms with Crippen LogP contribution in [0.1, 0.15) is 26.3 Å². The number of nitrogens with zero attached hydrogens (tertiary/aromatic N) is 1.